The summed E-state index contributed by atoms with van der Waals surface area (Å²) in [5.74, 6) is -1.05. The molecule has 10 heteroatoms. The van der Waals surface area contributed by atoms with Gasteiger partial charge in [0.25, 0.3) is 5.91 Å². The maximum Gasteiger partial charge on any atom is 0.317 e. The van der Waals surface area contributed by atoms with Crippen LogP contribution < -0.4 is 15.5 Å². The van der Waals surface area contributed by atoms with Gasteiger partial charge in [0, 0.05) is 50.1 Å². The number of benzene rings is 2. The Labute approximate surface area is 239 Å². The molecular formula is C31H36FN5O4. The van der Waals surface area contributed by atoms with E-state index in [1.165, 1.54) is 42.6 Å². The number of carbonyl (C=O) groups excluding carboxylic acids is 3. The van der Waals surface area contributed by atoms with Crippen LogP contribution in [0.4, 0.5) is 20.6 Å². The normalized spacial score (nSPS) is 15.8. The lowest BCUT2D eigenvalue weighted by molar-refractivity contribution is -0.117. The van der Waals surface area contributed by atoms with E-state index in [0.717, 1.165) is 31.6 Å². The molecule has 0 bridgehead atoms. The molecule has 0 atom stereocenters. The van der Waals surface area contributed by atoms with Crippen molar-refractivity contribution in [1.82, 2.24) is 15.1 Å². The molecule has 4 amide bonds. The van der Waals surface area contributed by atoms with Crippen LogP contribution in [-0.4, -0.2) is 66.4 Å². The minimum absolute atomic E-state index is 0.0358. The molecule has 0 spiro atoms. The van der Waals surface area contributed by atoms with Gasteiger partial charge in [-0.25, -0.2) is 9.18 Å². The third-order valence-corrected chi connectivity index (χ3v) is 7.66. The molecule has 2 heterocycles. The van der Waals surface area contributed by atoms with Gasteiger partial charge in [-0.05, 0) is 66.9 Å². The Balaban J connectivity index is 1.13. The molecule has 2 aromatic carbocycles. The summed E-state index contributed by atoms with van der Waals surface area (Å²) < 4.78 is 18.6. The quantitative estimate of drug-likeness (QED) is 0.409. The maximum absolute atomic E-state index is 13.4. The molecule has 0 radical (unpaired) electrons. The molecule has 0 unspecified atom stereocenters. The SMILES string of the molecule is O=C(CN(Cc1ccc(F)cc1)C(=O)c1ccco1)Nc1ccc(N2CCN(C(=O)NC3CCCCC3)CC2)cc1. The second kappa shape index (κ2) is 13.3. The third-order valence-electron chi connectivity index (χ3n) is 7.66. The van der Waals surface area contributed by atoms with Crippen LogP contribution in [0.15, 0.2) is 71.3 Å². The fraction of sp³-hybridized carbons (Fsp3) is 0.387. The van der Waals surface area contributed by atoms with Gasteiger partial charge in [0.05, 0.1) is 6.26 Å². The number of urea groups is 1. The summed E-state index contributed by atoms with van der Waals surface area (Å²) in [5, 5.41) is 6.05. The number of nitrogens with zero attached hydrogens (tertiary/aromatic N) is 3. The smallest absolute Gasteiger partial charge is 0.317 e. The second-order valence-electron chi connectivity index (χ2n) is 10.6. The molecule has 9 nitrogen and oxygen atoms in total. The van der Waals surface area contributed by atoms with Crippen LogP contribution in [0.2, 0.25) is 0 Å². The first-order valence-electron chi connectivity index (χ1n) is 14.2. The molecule has 1 aromatic heterocycles. The number of amides is 4. The summed E-state index contributed by atoms with van der Waals surface area (Å²) in [7, 11) is 0. The Morgan fingerprint density at radius 3 is 2.27 bits per heavy atom. The highest BCUT2D eigenvalue weighted by Crippen LogP contribution is 2.21. The molecule has 1 aliphatic carbocycles. The van der Waals surface area contributed by atoms with Crippen molar-refractivity contribution in [1.29, 1.82) is 0 Å². The largest absolute Gasteiger partial charge is 0.459 e. The van der Waals surface area contributed by atoms with Gasteiger partial charge in [0.2, 0.25) is 5.91 Å². The maximum atomic E-state index is 13.4. The van der Waals surface area contributed by atoms with Gasteiger partial charge in [0.15, 0.2) is 5.76 Å². The molecule has 2 fully saturated rings. The Kier molecular flexibility index (Phi) is 9.18. The van der Waals surface area contributed by atoms with Crippen molar-refractivity contribution < 1.29 is 23.2 Å². The number of rotatable bonds is 8. The summed E-state index contributed by atoms with van der Waals surface area (Å²) >= 11 is 0. The Morgan fingerprint density at radius 1 is 0.902 bits per heavy atom. The van der Waals surface area contributed by atoms with Gasteiger partial charge in [-0.15, -0.1) is 0 Å². The average molecular weight is 562 g/mol. The zero-order chi connectivity index (χ0) is 28.6. The lowest BCUT2D eigenvalue weighted by Crippen LogP contribution is -2.53. The topological polar surface area (TPSA) is 98.1 Å². The lowest BCUT2D eigenvalue weighted by atomic mass is 9.96. The molecule has 3 aromatic rings. The highest BCUT2D eigenvalue weighted by molar-refractivity contribution is 5.98. The van der Waals surface area contributed by atoms with Crippen molar-refractivity contribution in [2.75, 3.05) is 42.9 Å². The summed E-state index contributed by atoms with van der Waals surface area (Å²) in [6, 6.07) is 16.8. The number of nitrogens with one attached hydrogen (secondary N) is 2. The van der Waals surface area contributed by atoms with Gasteiger partial charge in [-0.3, -0.25) is 9.59 Å². The highest BCUT2D eigenvalue weighted by Gasteiger charge is 2.25. The molecule has 41 heavy (non-hydrogen) atoms. The van der Waals surface area contributed by atoms with E-state index in [9.17, 15) is 18.8 Å². The van der Waals surface area contributed by atoms with Crippen molar-refractivity contribution in [3.63, 3.8) is 0 Å². The van der Waals surface area contributed by atoms with Gasteiger partial charge in [0.1, 0.15) is 12.4 Å². The van der Waals surface area contributed by atoms with Crippen LogP contribution >= 0.6 is 0 Å². The van der Waals surface area contributed by atoms with E-state index in [0.29, 0.717) is 30.4 Å². The van der Waals surface area contributed by atoms with Crippen LogP contribution in [0.5, 0.6) is 0 Å². The molecule has 2 N–H and O–H groups in total. The standard InChI is InChI=1S/C31H36FN5O4/c32-24-10-8-23(9-11-24)21-37(30(39)28-7-4-20-41-28)22-29(38)33-26-12-14-27(15-13-26)35-16-18-36(19-17-35)31(40)34-25-5-2-1-3-6-25/h4,7-15,20,25H,1-3,5-6,16-19,21-22H2,(H,33,38)(H,34,40). The van der Waals surface area contributed by atoms with Crippen molar-refractivity contribution in [3.05, 3.63) is 84.1 Å². The van der Waals surface area contributed by atoms with Crippen molar-refractivity contribution >= 4 is 29.2 Å². The second-order valence-corrected chi connectivity index (χ2v) is 10.6. The number of furan rings is 1. The van der Waals surface area contributed by atoms with Crippen LogP contribution in [0.1, 0.15) is 48.2 Å². The molecule has 1 aliphatic heterocycles. The number of halogens is 1. The molecule has 1 saturated carbocycles. The van der Waals surface area contributed by atoms with Gasteiger partial charge in [-0.2, -0.15) is 0 Å². The van der Waals surface area contributed by atoms with Crippen LogP contribution in [0.3, 0.4) is 0 Å². The van der Waals surface area contributed by atoms with Gasteiger partial charge in [-0.1, -0.05) is 31.4 Å². The molecule has 5 rings (SSSR count). The van der Waals surface area contributed by atoms with Crippen molar-refractivity contribution in [2.24, 2.45) is 0 Å². The molecule has 2 aliphatic rings. The average Bonchev–Trinajstić information content (AvgIpc) is 3.54. The summed E-state index contributed by atoms with van der Waals surface area (Å²) in [5.41, 5.74) is 2.31. The minimum atomic E-state index is -0.434. The number of hydrogen-bond donors (Lipinski definition) is 2. The third kappa shape index (κ3) is 7.65. The van der Waals surface area contributed by atoms with E-state index in [-0.39, 0.29) is 36.6 Å². The van der Waals surface area contributed by atoms with Crippen LogP contribution in [0.25, 0.3) is 0 Å². The fourth-order valence-corrected chi connectivity index (χ4v) is 5.38. The molecule has 1 saturated heterocycles. The van der Waals surface area contributed by atoms with Crippen LogP contribution in [-0.2, 0) is 11.3 Å². The number of hydrogen-bond acceptors (Lipinski definition) is 5. The Bertz CT molecular complexity index is 1300. The Hall–Kier alpha value is -4.34. The Morgan fingerprint density at radius 2 is 1.61 bits per heavy atom. The van der Waals surface area contributed by atoms with Crippen LogP contribution in [0, 0.1) is 5.82 Å². The van der Waals surface area contributed by atoms with Gasteiger partial charge >= 0.3 is 6.03 Å². The predicted molar refractivity (Wildman–Crippen MR) is 154 cm³/mol. The zero-order valence-corrected chi connectivity index (χ0v) is 23.1. The molecule has 216 valence electrons. The minimum Gasteiger partial charge on any atom is -0.459 e. The van der Waals surface area contributed by atoms with E-state index >= 15 is 0 Å². The number of piperazine rings is 1. The van der Waals surface area contributed by atoms with Crippen molar-refractivity contribution in [3.8, 4) is 0 Å². The monoisotopic (exact) mass is 561 g/mol. The molecular weight excluding hydrogens is 525 g/mol. The lowest BCUT2D eigenvalue weighted by Gasteiger charge is -2.37. The van der Waals surface area contributed by atoms with Gasteiger partial charge < -0.3 is 29.8 Å². The first kappa shape index (κ1) is 28.2. The summed E-state index contributed by atoms with van der Waals surface area (Å²) in [6.45, 7) is 2.70. The van der Waals surface area contributed by atoms with E-state index in [1.54, 1.807) is 24.3 Å². The summed E-state index contributed by atoms with van der Waals surface area (Å²) in [6.07, 6.45) is 7.17. The van der Waals surface area contributed by atoms with Crippen molar-refractivity contribution in [2.45, 2.75) is 44.7 Å². The van der Waals surface area contributed by atoms with E-state index in [4.69, 9.17) is 4.42 Å². The first-order valence-corrected chi connectivity index (χ1v) is 14.2. The fourth-order valence-electron chi connectivity index (χ4n) is 5.38. The number of carbonyl (C=O) groups is 3. The van der Waals surface area contributed by atoms with E-state index in [1.807, 2.05) is 29.2 Å². The predicted octanol–water partition coefficient (Wildman–Crippen LogP) is 4.86. The number of anilines is 2. The first-order chi connectivity index (χ1) is 19.9. The highest BCUT2D eigenvalue weighted by atomic mass is 19.1. The zero-order valence-electron chi connectivity index (χ0n) is 23.1. The summed E-state index contributed by atoms with van der Waals surface area (Å²) in [4.78, 5) is 44.1. The van der Waals surface area contributed by atoms with E-state index < -0.39 is 5.91 Å². The van der Waals surface area contributed by atoms with E-state index in [2.05, 4.69) is 15.5 Å².